The molecule has 0 aliphatic heterocycles. The van der Waals surface area contributed by atoms with Crippen LogP contribution in [-0.2, 0) is 13.4 Å². The Morgan fingerprint density at radius 1 is 1.46 bits per heavy atom. The molecule has 2 N–H and O–H groups in total. The summed E-state index contributed by atoms with van der Waals surface area (Å²) in [5.41, 5.74) is 0. The molecule has 0 bridgehead atoms. The van der Waals surface area contributed by atoms with Gasteiger partial charge in [0.25, 0.3) is 0 Å². The first-order valence-corrected chi connectivity index (χ1v) is 5.36. The minimum Gasteiger partial charge on any atom is -0.563 e. The topological polar surface area (TPSA) is 107 Å². The van der Waals surface area contributed by atoms with E-state index in [1.54, 1.807) is 0 Å². The van der Waals surface area contributed by atoms with Gasteiger partial charge in [0.1, 0.15) is 4.31 Å². The molecule has 0 saturated heterocycles. The van der Waals surface area contributed by atoms with Crippen LogP contribution in [-0.4, -0.2) is 16.6 Å². The Morgan fingerprint density at radius 3 is 1.92 bits per heavy atom. The van der Waals surface area contributed by atoms with Gasteiger partial charge in [-0.1, -0.05) is 13.3 Å². The first-order chi connectivity index (χ1) is 5.54. The number of rotatable bonds is 4. The fraction of sp³-hybridized carbons (Fsp3) is 1.00. The van der Waals surface area contributed by atoms with Crippen LogP contribution >= 0.6 is 16.5 Å². The Labute approximate surface area is 101 Å². The van der Waals surface area contributed by atoms with Gasteiger partial charge in [0.2, 0.25) is 0 Å². The third kappa shape index (κ3) is 32.1. The Bertz CT molecular complexity index is 129. The molecule has 0 rings (SSSR count). The summed E-state index contributed by atoms with van der Waals surface area (Å²) in [5.74, 6) is 0. The van der Waals surface area contributed by atoms with Gasteiger partial charge in [0, 0.05) is 11.2 Å². The Balaban J connectivity index is -0.000000150. The molecule has 0 amide bonds. The minimum atomic E-state index is -3.17. The zero-order valence-corrected chi connectivity index (χ0v) is 11.3. The van der Waals surface area contributed by atoms with Gasteiger partial charge in [0.05, 0.1) is 0 Å². The standard InChI is InChI=1S/C4H10O.Na.O5P2/c1-2-3-4-5;;1-6(2)5-7(3)4/h5H,2-4H2,1H3;;/q;+1;/p+1. The summed E-state index contributed by atoms with van der Waals surface area (Å²) in [6.07, 6.45) is 2.04. The average molecular weight is 240 g/mol. The molecule has 0 aliphatic carbocycles. The van der Waals surface area contributed by atoms with Crippen LogP contribution in [0.3, 0.4) is 0 Å². The Hall–Kier alpha value is 1.04. The van der Waals surface area contributed by atoms with Crippen LogP contribution in [0.2, 0.25) is 0 Å². The Kier molecular flexibility index (Phi) is 23.4. The molecule has 6 nitrogen and oxygen atoms in total. The van der Waals surface area contributed by atoms with Crippen molar-refractivity contribution in [1.29, 1.82) is 0 Å². The molecule has 2 atom stereocenters. The number of aliphatic hydroxyl groups is 1. The van der Waals surface area contributed by atoms with E-state index in [2.05, 4.69) is 11.2 Å². The molecule has 13 heavy (non-hydrogen) atoms. The molecule has 0 radical (unpaired) electrons. The van der Waals surface area contributed by atoms with Crippen LogP contribution in [0.5, 0.6) is 0 Å². The van der Waals surface area contributed by atoms with Gasteiger partial charge >= 0.3 is 46.1 Å². The van der Waals surface area contributed by atoms with Gasteiger partial charge in [0.15, 0.2) is 0 Å². The van der Waals surface area contributed by atoms with E-state index in [1.165, 1.54) is 0 Å². The van der Waals surface area contributed by atoms with Crippen LogP contribution in [0, 0.1) is 0 Å². The molecule has 2 unspecified atom stereocenters. The maximum absolute atomic E-state index is 9.35. The third-order valence-electron chi connectivity index (χ3n) is 0.648. The number of hydrogen-bond acceptors (Lipinski definition) is 5. The molecule has 0 aromatic heterocycles. The number of unbranched alkanes of at least 4 members (excludes halogenated alkanes) is 1. The van der Waals surface area contributed by atoms with E-state index in [0.717, 1.165) is 12.8 Å². The van der Waals surface area contributed by atoms with Crippen molar-refractivity contribution in [1.82, 2.24) is 0 Å². The minimum absolute atomic E-state index is 0. The van der Waals surface area contributed by atoms with Gasteiger partial charge in [-0.2, -0.15) is 0 Å². The van der Waals surface area contributed by atoms with Crippen molar-refractivity contribution >= 4 is 16.5 Å². The first-order valence-electron chi connectivity index (χ1n) is 3.14. The van der Waals surface area contributed by atoms with Crippen LogP contribution in [0.4, 0.5) is 0 Å². The normalized spacial score (nSPS) is 10.5. The van der Waals surface area contributed by atoms with Crippen molar-refractivity contribution in [3.8, 4) is 0 Å². The van der Waals surface area contributed by atoms with E-state index in [0.29, 0.717) is 6.61 Å². The van der Waals surface area contributed by atoms with E-state index >= 15 is 0 Å². The molecule has 0 aromatic rings. The molecule has 72 valence electrons. The summed E-state index contributed by atoms with van der Waals surface area (Å²) in [5, 5.41) is 8.07. The molecular formula is C4H11NaO6P2+2. The van der Waals surface area contributed by atoms with Gasteiger partial charge in [-0.15, -0.1) is 4.89 Å². The Morgan fingerprint density at radius 2 is 1.92 bits per heavy atom. The van der Waals surface area contributed by atoms with Crippen LogP contribution < -0.4 is 34.5 Å². The van der Waals surface area contributed by atoms with Gasteiger partial charge in [-0.05, 0) is 11.0 Å². The summed E-state index contributed by atoms with van der Waals surface area (Å²) < 4.78 is 21.9. The van der Waals surface area contributed by atoms with Crippen molar-refractivity contribution in [2.24, 2.45) is 0 Å². The zero-order chi connectivity index (χ0) is 9.98. The summed E-state index contributed by atoms with van der Waals surface area (Å²) in [6.45, 7) is 2.40. The zero-order valence-electron chi connectivity index (χ0n) is 7.54. The van der Waals surface area contributed by atoms with Crippen molar-refractivity contribution in [2.45, 2.75) is 19.8 Å². The molecule has 0 fully saturated rings. The second-order valence-corrected chi connectivity index (χ2v) is 3.20. The largest absolute Gasteiger partial charge is 1.00 e. The van der Waals surface area contributed by atoms with E-state index in [9.17, 15) is 14.0 Å². The van der Waals surface area contributed by atoms with Crippen LogP contribution in [0.15, 0.2) is 0 Å². The predicted octanol–water partition coefficient (Wildman–Crippen LogP) is -2.55. The predicted molar refractivity (Wildman–Crippen MR) is 40.5 cm³/mol. The molecule has 0 heterocycles. The fourth-order valence-electron chi connectivity index (χ4n) is 0.215. The fourth-order valence-corrected chi connectivity index (χ4v) is 0.671. The van der Waals surface area contributed by atoms with Crippen LogP contribution in [0.25, 0.3) is 0 Å². The van der Waals surface area contributed by atoms with E-state index < -0.39 is 16.5 Å². The van der Waals surface area contributed by atoms with Crippen LogP contribution in [0.1, 0.15) is 19.8 Å². The van der Waals surface area contributed by atoms with Crippen molar-refractivity contribution in [3.63, 3.8) is 0 Å². The quantitative estimate of drug-likeness (QED) is 0.414. The summed E-state index contributed by atoms with van der Waals surface area (Å²) in [4.78, 5) is 16.9. The number of hydrogen-bond donors (Lipinski definition) is 2. The molecule has 0 aliphatic rings. The third-order valence-corrected chi connectivity index (χ3v) is 1.74. The maximum Gasteiger partial charge on any atom is 1.00 e. The van der Waals surface area contributed by atoms with E-state index in [4.69, 9.17) is 10.00 Å². The van der Waals surface area contributed by atoms with Crippen molar-refractivity contribution < 1.29 is 57.9 Å². The summed E-state index contributed by atoms with van der Waals surface area (Å²) in [6, 6.07) is 0. The monoisotopic (exact) mass is 240 g/mol. The molecule has 0 saturated carbocycles. The van der Waals surface area contributed by atoms with Gasteiger partial charge < -0.3 is 10.00 Å². The summed E-state index contributed by atoms with van der Waals surface area (Å²) >= 11 is 0. The van der Waals surface area contributed by atoms with Crippen molar-refractivity contribution in [2.75, 3.05) is 6.61 Å². The molecule has 0 aromatic carbocycles. The van der Waals surface area contributed by atoms with E-state index in [-0.39, 0.29) is 29.6 Å². The first kappa shape index (κ1) is 19.6. The van der Waals surface area contributed by atoms with Gasteiger partial charge in [-0.3, -0.25) is 0 Å². The average Bonchev–Trinajstić information content (AvgIpc) is 1.87. The smallest absolute Gasteiger partial charge is 0.563 e. The van der Waals surface area contributed by atoms with E-state index in [1.807, 2.05) is 0 Å². The molecule has 0 spiro atoms. The van der Waals surface area contributed by atoms with Gasteiger partial charge in [-0.25, -0.2) is 0 Å². The van der Waals surface area contributed by atoms with Crippen molar-refractivity contribution in [3.05, 3.63) is 0 Å². The second-order valence-electron chi connectivity index (χ2n) is 1.62. The maximum atomic E-state index is 9.35. The SMILES string of the molecule is CCCCO.O=[P+]([O-])O[P+](=O)O.[Na+]. The summed E-state index contributed by atoms with van der Waals surface area (Å²) in [7, 11) is -6.16. The second kappa shape index (κ2) is 15.5. The molecule has 9 heteroatoms. The number of aliphatic hydroxyl groups excluding tert-OH is 1. The molecular weight excluding hydrogens is 229 g/mol.